The van der Waals surface area contributed by atoms with Gasteiger partial charge in [0.05, 0.1) is 26.5 Å². The molecule has 100 valence electrons. The number of anilines is 1. The van der Waals surface area contributed by atoms with Gasteiger partial charge < -0.3 is 19.8 Å². The number of carbonyl (C=O) groups is 1. The minimum atomic E-state index is -0.384. The molecule has 2 aromatic heterocycles. The highest BCUT2D eigenvalue weighted by atomic mass is 16.5. The average Bonchev–Trinajstić information content (AvgIpc) is 2.93. The predicted octanol–water partition coefficient (Wildman–Crippen LogP) is 1.82. The monoisotopic (exact) mass is 261 g/mol. The predicted molar refractivity (Wildman–Crippen MR) is 70.2 cm³/mol. The number of nitrogens with zero attached hydrogens (tertiary/aromatic N) is 1. The number of H-pyrrole nitrogens is 1. The van der Waals surface area contributed by atoms with Gasteiger partial charge in [-0.15, -0.1) is 0 Å². The lowest BCUT2D eigenvalue weighted by molar-refractivity contribution is 0.0594. The van der Waals surface area contributed by atoms with Crippen molar-refractivity contribution in [2.24, 2.45) is 0 Å². The molecule has 0 aliphatic carbocycles. The number of hydrogen-bond donors (Lipinski definition) is 2. The van der Waals surface area contributed by atoms with Gasteiger partial charge in [-0.25, -0.2) is 9.78 Å². The summed E-state index contributed by atoms with van der Waals surface area (Å²) in [6, 6.07) is 7.20. The molecule has 0 atom stereocenters. The van der Waals surface area contributed by atoms with Gasteiger partial charge in [0.25, 0.3) is 0 Å². The Morgan fingerprint density at radius 2 is 2.21 bits per heavy atom. The van der Waals surface area contributed by atoms with Gasteiger partial charge in [-0.1, -0.05) is 0 Å². The first-order chi connectivity index (χ1) is 9.24. The molecule has 0 bridgehead atoms. The van der Waals surface area contributed by atoms with Crippen molar-refractivity contribution < 1.29 is 14.3 Å². The quantitative estimate of drug-likeness (QED) is 0.803. The van der Waals surface area contributed by atoms with E-state index in [1.54, 1.807) is 19.4 Å². The second-order valence-electron chi connectivity index (χ2n) is 3.80. The lowest BCUT2D eigenvalue weighted by atomic mass is 10.3. The van der Waals surface area contributed by atoms with Gasteiger partial charge in [0.2, 0.25) is 5.88 Å². The lowest BCUT2D eigenvalue weighted by Gasteiger charge is -2.08. The SMILES string of the molecule is COC(=O)c1ccc(CNc2cccnc2OC)[nH]1. The van der Waals surface area contributed by atoms with Crippen LogP contribution in [0.15, 0.2) is 30.5 Å². The number of rotatable bonds is 5. The number of aromatic amines is 1. The number of carbonyl (C=O) groups excluding carboxylic acids is 1. The van der Waals surface area contributed by atoms with Crippen LogP contribution in [0.2, 0.25) is 0 Å². The van der Waals surface area contributed by atoms with Crippen molar-refractivity contribution in [3.8, 4) is 5.88 Å². The van der Waals surface area contributed by atoms with E-state index >= 15 is 0 Å². The summed E-state index contributed by atoms with van der Waals surface area (Å²) < 4.78 is 9.76. The minimum absolute atomic E-state index is 0.384. The zero-order valence-corrected chi connectivity index (χ0v) is 10.8. The molecule has 0 aromatic carbocycles. The Labute approximate surface area is 110 Å². The average molecular weight is 261 g/mol. The third kappa shape index (κ3) is 3.04. The molecule has 0 aliphatic heterocycles. The highest BCUT2D eigenvalue weighted by Gasteiger charge is 2.08. The fourth-order valence-electron chi connectivity index (χ4n) is 1.65. The van der Waals surface area contributed by atoms with E-state index in [4.69, 9.17) is 4.74 Å². The Morgan fingerprint density at radius 1 is 1.37 bits per heavy atom. The van der Waals surface area contributed by atoms with Gasteiger partial charge in [-0.2, -0.15) is 0 Å². The summed E-state index contributed by atoms with van der Waals surface area (Å²) in [6.07, 6.45) is 1.66. The van der Waals surface area contributed by atoms with Crippen LogP contribution < -0.4 is 10.1 Å². The van der Waals surface area contributed by atoms with Crippen LogP contribution in [0, 0.1) is 0 Å². The minimum Gasteiger partial charge on any atom is -0.480 e. The van der Waals surface area contributed by atoms with E-state index < -0.39 is 0 Å². The molecule has 19 heavy (non-hydrogen) atoms. The van der Waals surface area contributed by atoms with Crippen molar-refractivity contribution in [1.82, 2.24) is 9.97 Å². The molecular weight excluding hydrogens is 246 g/mol. The molecule has 0 radical (unpaired) electrons. The molecule has 2 rings (SSSR count). The molecule has 6 nitrogen and oxygen atoms in total. The number of methoxy groups -OCH3 is 2. The molecule has 6 heteroatoms. The number of aromatic nitrogens is 2. The van der Waals surface area contributed by atoms with Crippen LogP contribution in [0.25, 0.3) is 0 Å². The molecule has 0 unspecified atom stereocenters. The van der Waals surface area contributed by atoms with Gasteiger partial charge in [-0.3, -0.25) is 0 Å². The fourth-order valence-corrected chi connectivity index (χ4v) is 1.65. The fraction of sp³-hybridized carbons (Fsp3) is 0.231. The highest BCUT2D eigenvalue weighted by Crippen LogP contribution is 2.20. The van der Waals surface area contributed by atoms with E-state index in [1.165, 1.54) is 7.11 Å². The Morgan fingerprint density at radius 3 is 2.95 bits per heavy atom. The van der Waals surface area contributed by atoms with Crippen molar-refractivity contribution in [1.29, 1.82) is 0 Å². The number of ether oxygens (including phenoxy) is 2. The van der Waals surface area contributed by atoms with E-state index in [2.05, 4.69) is 20.0 Å². The summed E-state index contributed by atoms with van der Waals surface area (Å²) in [5, 5.41) is 3.18. The van der Waals surface area contributed by atoms with Crippen LogP contribution >= 0.6 is 0 Å². The molecule has 0 spiro atoms. The van der Waals surface area contributed by atoms with Crippen molar-refractivity contribution in [2.45, 2.75) is 6.54 Å². The number of pyridine rings is 1. The summed E-state index contributed by atoms with van der Waals surface area (Å²) in [5.41, 5.74) is 2.09. The maximum Gasteiger partial charge on any atom is 0.354 e. The van der Waals surface area contributed by atoms with Crippen LogP contribution in [-0.4, -0.2) is 30.2 Å². The number of hydrogen-bond acceptors (Lipinski definition) is 5. The molecule has 2 N–H and O–H groups in total. The number of nitrogens with one attached hydrogen (secondary N) is 2. The van der Waals surface area contributed by atoms with Crippen molar-refractivity contribution in [2.75, 3.05) is 19.5 Å². The standard InChI is InChI=1S/C13H15N3O3/c1-18-12-10(4-3-7-14-12)15-8-9-5-6-11(16-9)13(17)19-2/h3-7,15-16H,8H2,1-2H3. The maximum absolute atomic E-state index is 11.3. The Bertz CT molecular complexity index is 566. The van der Waals surface area contributed by atoms with Crippen molar-refractivity contribution in [3.63, 3.8) is 0 Å². The zero-order chi connectivity index (χ0) is 13.7. The molecule has 0 fully saturated rings. The van der Waals surface area contributed by atoms with Crippen molar-refractivity contribution in [3.05, 3.63) is 41.9 Å². The Kier molecular flexibility index (Phi) is 4.02. The molecule has 0 amide bonds. The van der Waals surface area contributed by atoms with Crippen LogP contribution in [0.4, 0.5) is 5.69 Å². The molecule has 0 saturated heterocycles. The van der Waals surface area contributed by atoms with Gasteiger partial charge in [-0.05, 0) is 24.3 Å². The van der Waals surface area contributed by atoms with Crippen LogP contribution in [-0.2, 0) is 11.3 Å². The van der Waals surface area contributed by atoms with E-state index in [9.17, 15) is 4.79 Å². The molecule has 0 saturated carbocycles. The topological polar surface area (TPSA) is 76.2 Å². The van der Waals surface area contributed by atoms with Crippen molar-refractivity contribution >= 4 is 11.7 Å². The highest BCUT2D eigenvalue weighted by molar-refractivity contribution is 5.87. The third-order valence-corrected chi connectivity index (χ3v) is 2.59. The van der Waals surface area contributed by atoms with Crippen LogP contribution in [0.3, 0.4) is 0 Å². The summed E-state index contributed by atoms with van der Waals surface area (Å²) in [6.45, 7) is 0.527. The Balaban J connectivity index is 2.02. The summed E-state index contributed by atoms with van der Waals surface area (Å²) in [5.74, 6) is 0.146. The number of esters is 1. The summed E-state index contributed by atoms with van der Waals surface area (Å²) >= 11 is 0. The van der Waals surface area contributed by atoms with Crippen LogP contribution in [0.1, 0.15) is 16.2 Å². The summed E-state index contributed by atoms with van der Waals surface area (Å²) in [4.78, 5) is 18.4. The van der Waals surface area contributed by atoms with Gasteiger partial charge >= 0.3 is 5.97 Å². The second-order valence-corrected chi connectivity index (χ2v) is 3.80. The normalized spacial score (nSPS) is 10.0. The van der Waals surface area contributed by atoms with Gasteiger partial charge in [0.1, 0.15) is 5.69 Å². The molecule has 0 aliphatic rings. The van der Waals surface area contributed by atoms with Crippen LogP contribution in [0.5, 0.6) is 5.88 Å². The largest absolute Gasteiger partial charge is 0.480 e. The molecule has 2 aromatic rings. The summed E-state index contributed by atoms with van der Waals surface area (Å²) in [7, 11) is 2.92. The van der Waals surface area contributed by atoms with E-state index in [0.717, 1.165) is 11.4 Å². The maximum atomic E-state index is 11.3. The molecule has 2 heterocycles. The van der Waals surface area contributed by atoms with Gasteiger partial charge in [0.15, 0.2) is 0 Å². The smallest absolute Gasteiger partial charge is 0.354 e. The first-order valence-corrected chi connectivity index (χ1v) is 5.73. The third-order valence-electron chi connectivity index (χ3n) is 2.59. The van der Waals surface area contributed by atoms with Gasteiger partial charge in [0, 0.05) is 11.9 Å². The van der Waals surface area contributed by atoms with E-state index in [1.807, 2.05) is 18.2 Å². The van der Waals surface area contributed by atoms with E-state index in [0.29, 0.717) is 18.1 Å². The first-order valence-electron chi connectivity index (χ1n) is 5.73. The molecular formula is C13H15N3O3. The second kappa shape index (κ2) is 5.90. The Hall–Kier alpha value is -2.50. The lowest BCUT2D eigenvalue weighted by Crippen LogP contribution is -2.04. The first kappa shape index (κ1) is 12.9. The zero-order valence-electron chi connectivity index (χ0n) is 10.8. The van der Waals surface area contributed by atoms with E-state index in [-0.39, 0.29) is 5.97 Å².